The maximum Gasteiger partial charge on any atom is 0.416 e. The van der Waals surface area contributed by atoms with Crippen molar-refractivity contribution in [1.29, 1.82) is 0 Å². The summed E-state index contributed by atoms with van der Waals surface area (Å²) in [7, 11) is -4.79. The highest BCUT2D eigenvalue weighted by molar-refractivity contribution is 7.85. The number of hydrogen-bond acceptors (Lipinski definition) is 5. The second-order valence-electron chi connectivity index (χ2n) is 4.01. The molecule has 1 aromatic heterocycles. The molecule has 0 aliphatic heterocycles. The fourth-order valence-electron chi connectivity index (χ4n) is 1.60. The molecule has 1 aromatic carbocycles. The summed E-state index contributed by atoms with van der Waals surface area (Å²) in [5.41, 5.74) is -0.941. The van der Waals surface area contributed by atoms with Crippen molar-refractivity contribution in [2.24, 2.45) is 0 Å². The van der Waals surface area contributed by atoms with Crippen molar-refractivity contribution in [2.75, 3.05) is 5.32 Å². The van der Waals surface area contributed by atoms with E-state index in [1.54, 1.807) is 0 Å². The van der Waals surface area contributed by atoms with Crippen molar-refractivity contribution in [3.63, 3.8) is 0 Å². The summed E-state index contributed by atoms with van der Waals surface area (Å²) in [6.45, 7) is 0. The molecule has 0 spiro atoms. The Kier molecular flexibility index (Phi) is 3.88. The van der Waals surface area contributed by atoms with E-state index in [-0.39, 0.29) is 11.5 Å². The lowest BCUT2D eigenvalue weighted by Crippen LogP contribution is -2.07. The molecular weight excluding hydrogens is 309 g/mol. The fraction of sp³-hybridized carbons (Fsp3) is 0.0833. The van der Waals surface area contributed by atoms with Crippen molar-refractivity contribution in [2.45, 2.75) is 11.1 Å². The van der Waals surface area contributed by atoms with Crippen LogP contribution in [-0.2, 0) is 16.3 Å². The van der Waals surface area contributed by atoms with Gasteiger partial charge in [-0.2, -0.15) is 13.2 Å². The third-order valence-electron chi connectivity index (χ3n) is 2.49. The van der Waals surface area contributed by atoms with Gasteiger partial charge in [0.15, 0.2) is 0 Å². The number of rotatable bonds is 3. The van der Waals surface area contributed by atoms with Gasteiger partial charge in [-0.15, -0.1) is 0 Å². The molecule has 5 nitrogen and oxygen atoms in total. The first-order chi connectivity index (χ1) is 9.68. The van der Waals surface area contributed by atoms with E-state index in [9.17, 15) is 26.1 Å². The number of aromatic nitrogens is 1. The molecule has 1 heterocycles. The van der Waals surface area contributed by atoms with Gasteiger partial charge < -0.3 is 9.87 Å². The molecule has 0 fully saturated rings. The molecule has 112 valence electrons. The van der Waals surface area contributed by atoms with Crippen LogP contribution in [0.1, 0.15) is 5.56 Å². The summed E-state index contributed by atoms with van der Waals surface area (Å²) >= 11 is 0. The summed E-state index contributed by atoms with van der Waals surface area (Å²) < 4.78 is 70.9. The highest BCUT2D eigenvalue weighted by Gasteiger charge is 2.30. The monoisotopic (exact) mass is 317 g/mol. The predicted octanol–water partition coefficient (Wildman–Crippen LogP) is 2.75. The zero-order chi connectivity index (χ0) is 15.7. The van der Waals surface area contributed by atoms with Crippen LogP contribution in [0.25, 0.3) is 0 Å². The van der Waals surface area contributed by atoms with E-state index in [0.717, 1.165) is 24.3 Å². The lowest BCUT2D eigenvalue weighted by atomic mass is 10.2. The van der Waals surface area contributed by atoms with Crippen molar-refractivity contribution < 1.29 is 26.1 Å². The van der Waals surface area contributed by atoms with Crippen LogP contribution in [0.15, 0.2) is 47.5 Å². The topological polar surface area (TPSA) is 82.1 Å². The highest BCUT2D eigenvalue weighted by Crippen LogP contribution is 2.31. The number of hydrogen-bond donors (Lipinski definition) is 1. The number of nitrogens with zero attached hydrogens (tertiary/aromatic N) is 1. The van der Waals surface area contributed by atoms with E-state index in [1.165, 1.54) is 18.3 Å². The van der Waals surface area contributed by atoms with Gasteiger partial charge in [-0.3, -0.25) is 0 Å². The largest absolute Gasteiger partial charge is 0.744 e. The van der Waals surface area contributed by atoms with Gasteiger partial charge in [-0.1, -0.05) is 6.07 Å². The van der Waals surface area contributed by atoms with Crippen LogP contribution in [0, 0.1) is 0 Å². The van der Waals surface area contributed by atoms with Crippen molar-refractivity contribution in [1.82, 2.24) is 4.98 Å². The number of benzene rings is 1. The van der Waals surface area contributed by atoms with Crippen molar-refractivity contribution in [3.05, 3.63) is 48.2 Å². The van der Waals surface area contributed by atoms with Crippen molar-refractivity contribution in [3.8, 4) is 0 Å². The third-order valence-corrected chi connectivity index (χ3v) is 3.36. The Labute approximate surface area is 118 Å². The highest BCUT2D eigenvalue weighted by atomic mass is 32.2. The average Bonchev–Trinajstić information content (AvgIpc) is 2.37. The van der Waals surface area contributed by atoms with Crippen molar-refractivity contribution >= 4 is 21.6 Å². The minimum atomic E-state index is -4.79. The minimum Gasteiger partial charge on any atom is -0.744 e. The second kappa shape index (κ2) is 5.34. The Morgan fingerprint density at radius 1 is 1.14 bits per heavy atom. The Bertz CT molecular complexity index is 760. The molecular formula is C12H8F3N2O3S-. The number of alkyl halides is 3. The first-order valence-electron chi connectivity index (χ1n) is 5.53. The predicted molar refractivity (Wildman–Crippen MR) is 66.9 cm³/mol. The minimum absolute atomic E-state index is 0.0339. The Morgan fingerprint density at radius 3 is 2.48 bits per heavy atom. The molecule has 0 amide bonds. The molecule has 0 unspecified atom stereocenters. The molecule has 0 atom stereocenters. The number of nitrogens with one attached hydrogen (secondary N) is 1. The zero-order valence-electron chi connectivity index (χ0n) is 10.3. The van der Waals surface area contributed by atoms with Gasteiger partial charge in [0.25, 0.3) is 0 Å². The van der Waals surface area contributed by atoms with Gasteiger partial charge in [-0.25, -0.2) is 13.4 Å². The maximum absolute atomic E-state index is 12.6. The van der Waals surface area contributed by atoms with Gasteiger partial charge in [0.1, 0.15) is 15.9 Å². The third kappa shape index (κ3) is 3.70. The molecule has 2 aromatic rings. The van der Waals surface area contributed by atoms with E-state index in [4.69, 9.17) is 0 Å². The molecule has 0 aliphatic rings. The van der Waals surface area contributed by atoms with Crippen LogP contribution in [-0.4, -0.2) is 18.0 Å². The van der Waals surface area contributed by atoms with Crippen LogP contribution in [0.3, 0.4) is 0 Å². The Balaban J connectivity index is 2.40. The van der Waals surface area contributed by atoms with Gasteiger partial charge in [0.05, 0.1) is 10.5 Å². The summed E-state index contributed by atoms with van der Waals surface area (Å²) in [5.74, 6) is -0.327. The lowest BCUT2D eigenvalue weighted by molar-refractivity contribution is -0.137. The normalized spacial score (nSPS) is 12.2. The number of halogens is 3. The van der Waals surface area contributed by atoms with E-state index in [2.05, 4.69) is 10.3 Å². The van der Waals surface area contributed by atoms with Gasteiger partial charge in [-0.05, 0) is 30.3 Å². The smallest absolute Gasteiger partial charge is 0.416 e. The van der Waals surface area contributed by atoms with E-state index in [0.29, 0.717) is 0 Å². The van der Waals surface area contributed by atoms with E-state index in [1.807, 2.05) is 0 Å². The summed E-state index contributed by atoms with van der Waals surface area (Å²) in [6.07, 6.45) is -3.32. The summed E-state index contributed by atoms with van der Waals surface area (Å²) in [4.78, 5) is 3.02. The van der Waals surface area contributed by atoms with E-state index < -0.39 is 26.8 Å². The fourth-order valence-corrected chi connectivity index (χ4v) is 2.18. The van der Waals surface area contributed by atoms with Gasteiger partial charge >= 0.3 is 6.18 Å². The molecule has 0 saturated carbocycles. The first kappa shape index (κ1) is 15.3. The van der Waals surface area contributed by atoms with E-state index >= 15 is 0 Å². The molecule has 21 heavy (non-hydrogen) atoms. The lowest BCUT2D eigenvalue weighted by Gasteiger charge is -2.14. The summed E-state index contributed by atoms with van der Waals surface area (Å²) in [6, 6.07) is 6.36. The van der Waals surface area contributed by atoms with Gasteiger partial charge in [0, 0.05) is 11.9 Å². The maximum atomic E-state index is 12.6. The molecule has 0 saturated heterocycles. The van der Waals surface area contributed by atoms with Crippen LogP contribution in [0.2, 0.25) is 0 Å². The molecule has 0 radical (unpaired) electrons. The van der Waals surface area contributed by atoms with Gasteiger partial charge in [0.2, 0.25) is 0 Å². The average molecular weight is 317 g/mol. The summed E-state index contributed by atoms with van der Waals surface area (Å²) in [5, 5.41) is 2.40. The van der Waals surface area contributed by atoms with Crippen LogP contribution in [0.4, 0.5) is 24.7 Å². The standard InChI is InChI=1S/C12H9F3N2O3S/c13-12(14,15)8-3-1-4-9(7-8)17-11-10(21(18,19)20)5-2-6-16-11/h1-7H,(H,16,17)(H,18,19,20)/p-1. The molecule has 1 N–H and O–H groups in total. The molecule has 0 aliphatic carbocycles. The van der Waals surface area contributed by atoms with Crippen LogP contribution in [0.5, 0.6) is 0 Å². The molecule has 0 bridgehead atoms. The first-order valence-corrected chi connectivity index (χ1v) is 6.94. The molecule has 9 heteroatoms. The zero-order valence-corrected chi connectivity index (χ0v) is 11.1. The Morgan fingerprint density at radius 2 is 1.86 bits per heavy atom. The van der Waals surface area contributed by atoms with Crippen LogP contribution < -0.4 is 5.32 Å². The Hall–Kier alpha value is -2.13. The number of pyridine rings is 1. The second-order valence-corrected chi connectivity index (χ2v) is 5.36. The van der Waals surface area contributed by atoms with Crippen LogP contribution >= 0.6 is 0 Å². The SMILES string of the molecule is O=S(=O)([O-])c1cccnc1Nc1cccc(C(F)(F)F)c1. The number of anilines is 2. The molecule has 2 rings (SSSR count). The quantitative estimate of drug-likeness (QED) is 0.880.